The van der Waals surface area contributed by atoms with Crippen molar-refractivity contribution >= 4 is 11.4 Å². The largest absolute Gasteiger partial charge is 0.397 e. The van der Waals surface area contributed by atoms with Gasteiger partial charge in [-0.1, -0.05) is 13.8 Å². The maximum atomic E-state index is 12.6. The molecule has 12 heavy (non-hydrogen) atoms. The minimum atomic E-state index is -0.447. The molecule has 0 aliphatic rings. The van der Waals surface area contributed by atoms with E-state index in [4.69, 9.17) is 11.5 Å². The van der Waals surface area contributed by atoms with Gasteiger partial charge in [-0.2, -0.15) is 0 Å². The van der Waals surface area contributed by atoms with E-state index in [1.54, 1.807) is 13.0 Å². The van der Waals surface area contributed by atoms with E-state index >= 15 is 0 Å². The molecule has 4 N–H and O–H groups in total. The number of benzene rings is 1. The molecule has 0 radical (unpaired) electrons. The third kappa shape index (κ3) is 2.42. The van der Waals surface area contributed by atoms with E-state index < -0.39 is 5.82 Å². The first-order valence-electron chi connectivity index (χ1n) is 3.92. The second-order valence-electron chi connectivity index (χ2n) is 2.25. The van der Waals surface area contributed by atoms with Crippen LogP contribution in [0.25, 0.3) is 0 Å². The van der Waals surface area contributed by atoms with Crippen molar-refractivity contribution in [3.8, 4) is 0 Å². The summed E-state index contributed by atoms with van der Waals surface area (Å²) < 4.78 is 12.6. The topological polar surface area (TPSA) is 52.0 Å². The van der Waals surface area contributed by atoms with Crippen LogP contribution in [0.4, 0.5) is 15.8 Å². The van der Waals surface area contributed by atoms with Crippen molar-refractivity contribution in [1.82, 2.24) is 0 Å². The molecule has 3 heteroatoms. The Morgan fingerprint density at radius 2 is 1.67 bits per heavy atom. The van der Waals surface area contributed by atoms with Crippen molar-refractivity contribution in [2.45, 2.75) is 20.8 Å². The molecule has 0 saturated heterocycles. The molecular weight excluding hydrogens is 155 g/mol. The van der Waals surface area contributed by atoms with E-state index in [1.807, 2.05) is 13.8 Å². The van der Waals surface area contributed by atoms with Gasteiger partial charge in [0.15, 0.2) is 0 Å². The van der Waals surface area contributed by atoms with E-state index in [9.17, 15) is 4.39 Å². The highest BCUT2D eigenvalue weighted by atomic mass is 19.1. The molecule has 0 aliphatic carbocycles. The maximum Gasteiger partial charge on any atom is 0.148 e. The normalized spacial score (nSPS) is 8.67. The zero-order valence-corrected chi connectivity index (χ0v) is 7.69. The fourth-order valence-electron chi connectivity index (χ4n) is 0.780. The Balaban J connectivity index is 0.000000561. The Labute approximate surface area is 72.4 Å². The van der Waals surface area contributed by atoms with Gasteiger partial charge in [0, 0.05) is 0 Å². The van der Waals surface area contributed by atoms with Crippen molar-refractivity contribution in [3.63, 3.8) is 0 Å². The van der Waals surface area contributed by atoms with Gasteiger partial charge in [0.25, 0.3) is 0 Å². The zero-order chi connectivity index (χ0) is 9.72. The van der Waals surface area contributed by atoms with Gasteiger partial charge < -0.3 is 11.5 Å². The summed E-state index contributed by atoms with van der Waals surface area (Å²) in [4.78, 5) is 0. The molecule has 1 rings (SSSR count). The van der Waals surface area contributed by atoms with Crippen LogP contribution in [0.3, 0.4) is 0 Å². The van der Waals surface area contributed by atoms with Crippen LogP contribution in [-0.2, 0) is 0 Å². The Kier molecular flexibility index (Phi) is 4.11. The first-order valence-corrected chi connectivity index (χ1v) is 3.92. The molecule has 0 fully saturated rings. The lowest BCUT2D eigenvalue weighted by atomic mass is 10.2. The second kappa shape index (κ2) is 4.59. The van der Waals surface area contributed by atoms with Crippen LogP contribution in [0.15, 0.2) is 12.1 Å². The third-order valence-electron chi connectivity index (χ3n) is 1.31. The van der Waals surface area contributed by atoms with E-state index in [1.165, 1.54) is 6.07 Å². The predicted molar refractivity (Wildman–Crippen MR) is 51.3 cm³/mol. The van der Waals surface area contributed by atoms with Crippen molar-refractivity contribution in [1.29, 1.82) is 0 Å². The van der Waals surface area contributed by atoms with Crippen LogP contribution in [0.2, 0.25) is 0 Å². The Morgan fingerprint density at radius 3 is 2.08 bits per heavy atom. The quantitative estimate of drug-likeness (QED) is 0.587. The van der Waals surface area contributed by atoms with E-state index in [0.29, 0.717) is 5.69 Å². The first-order chi connectivity index (χ1) is 5.61. The molecule has 0 amide bonds. The summed E-state index contributed by atoms with van der Waals surface area (Å²) in [6, 6.07) is 2.99. The summed E-state index contributed by atoms with van der Waals surface area (Å²) in [6.45, 7) is 5.76. The summed E-state index contributed by atoms with van der Waals surface area (Å²) in [5.41, 5.74) is 11.7. The molecule has 0 unspecified atom stereocenters. The number of aryl methyl sites for hydroxylation is 1. The fraction of sp³-hybridized carbons (Fsp3) is 0.333. The van der Waals surface area contributed by atoms with Crippen molar-refractivity contribution in [2.75, 3.05) is 11.5 Å². The Hall–Kier alpha value is -1.25. The molecule has 1 aromatic carbocycles. The minimum Gasteiger partial charge on any atom is -0.397 e. The highest BCUT2D eigenvalue weighted by Gasteiger charge is 2.01. The van der Waals surface area contributed by atoms with E-state index in [2.05, 4.69) is 0 Å². The van der Waals surface area contributed by atoms with Crippen LogP contribution >= 0.6 is 0 Å². The molecule has 0 spiro atoms. The molecule has 1 aromatic rings. The molecule has 0 aliphatic heterocycles. The van der Waals surface area contributed by atoms with E-state index in [0.717, 1.165) is 5.56 Å². The van der Waals surface area contributed by atoms with Gasteiger partial charge in [-0.05, 0) is 24.6 Å². The molecule has 0 heterocycles. The van der Waals surface area contributed by atoms with Gasteiger partial charge in [0.1, 0.15) is 5.82 Å². The van der Waals surface area contributed by atoms with Gasteiger partial charge in [-0.15, -0.1) is 0 Å². The molecule has 2 nitrogen and oxygen atoms in total. The predicted octanol–water partition coefficient (Wildman–Crippen LogP) is 2.32. The monoisotopic (exact) mass is 170 g/mol. The van der Waals surface area contributed by atoms with E-state index in [-0.39, 0.29) is 5.69 Å². The SMILES string of the molecule is CC.Cc1cc(N)c(N)c(F)c1. The van der Waals surface area contributed by atoms with Gasteiger partial charge >= 0.3 is 0 Å². The maximum absolute atomic E-state index is 12.6. The minimum absolute atomic E-state index is 0.0330. The lowest BCUT2D eigenvalue weighted by molar-refractivity contribution is 0.632. The molecule has 0 saturated carbocycles. The number of nitrogens with two attached hydrogens (primary N) is 2. The van der Waals surface area contributed by atoms with Crippen LogP contribution in [0.1, 0.15) is 19.4 Å². The molecule has 0 atom stereocenters. The molecular formula is C9H15FN2. The summed E-state index contributed by atoms with van der Waals surface area (Å²) in [7, 11) is 0. The second-order valence-corrected chi connectivity index (χ2v) is 2.25. The van der Waals surface area contributed by atoms with Gasteiger partial charge in [0.2, 0.25) is 0 Å². The molecule has 0 bridgehead atoms. The summed E-state index contributed by atoms with van der Waals surface area (Å²) >= 11 is 0. The highest BCUT2D eigenvalue weighted by Crippen LogP contribution is 2.19. The standard InChI is InChI=1S/C7H9FN2.C2H6/c1-4-2-5(8)7(10)6(9)3-4;1-2/h2-3H,9-10H2,1H3;1-2H3. The third-order valence-corrected chi connectivity index (χ3v) is 1.31. The average Bonchev–Trinajstić information content (AvgIpc) is 2.04. The van der Waals surface area contributed by atoms with Gasteiger partial charge in [0.05, 0.1) is 11.4 Å². The summed E-state index contributed by atoms with van der Waals surface area (Å²) in [5, 5.41) is 0. The first kappa shape index (κ1) is 10.8. The number of nitrogen functional groups attached to an aromatic ring is 2. The smallest absolute Gasteiger partial charge is 0.148 e. The highest BCUT2D eigenvalue weighted by molar-refractivity contribution is 5.64. The number of halogens is 1. The van der Waals surface area contributed by atoms with Gasteiger partial charge in [-0.25, -0.2) is 4.39 Å². The lowest BCUT2D eigenvalue weighted by Crippen LogP contribution is -1.98. The van der Waals surface area contributed by atoms with Crippen LogP contribution in [0, 0.1) is 12.7 Å². The summed E-state index contributed by atoms with van der Waals surface area (Å²) in [6.07, 6.45) is 0. The number of anilines is 2. The average molecular weight is 170 g/mol. The Bertz CT molecular complexity index is 236. The van der Waals surface area contributed by atoms with Crippen LogP contribution in [-0.4, -0.2) is 0 Å². The fourth-order valence-corrected chi connectivity index (χ4v) is 0.780. The summed E-state index contributed by atoms with van der Waals surface area (Å²) in [5.74, 6) is -0.447. The number of hydrogen-bond donors (Lipinski definition) is 2. The van der Waals surface area contributed by atoms with Crippen LogP contribution < -0.4 is 11.5 Å². The van der Waals surface area contributed by atoms with Gasteiger partial charge in [-0.3, -0.25) is 0 Å². The zero-order valence-electron chi connectivity index (χ0n) is 7.69. The van der Waals surface area contributed by atoms with Crippen molar-refractivity contribution < 1.29 is 4.39 Å². The van der Waals surface area contributed by atoms with Crippen LogP contribution in [0.5, 0.6) is 0 Å². The number of rotatable bonds is 0. The van der Waals surface area contributed by atoms with Crippen molar-refractivity contribution in [2.24, 2.45) is 0 Å². The molecule has 0 aromatic heterocycles. The lowest BCUT2D eigenvalue weighted by Gasteiger charge is -2.01. The Morgan fingerprint density at radius 1 is 1.17 bits per heavy atom. The molecule has 68 valence electrons. The van der Waals surface area contributed by atoms with Crippen molar-refractivity contribution in [3.05, 3.63) is 23.5 Å². The number of hydrogen-bond acceptors (Lipinski definition) is 2.